The van der Waals surface area contributed by atoms with Crippen LogP contribution < -0.4 is 5.32 Å². The Balaban J connectivity index is 1.65. The molecule has 8 heteroatoms. The molecule has 0 aliphatic rings. The van der Waals surface area contributed by atoms with Crippen LogP contribution in [0.25, 0.3) is 21.2 Å². The summed E-state index contributed by atoms with van der Waals surface area (Å²) in [6.07, 6.45) is 1.46. The number of nitrogens with zero attached hydrogens (tertiary/aromatic N) is 2. The lowest BCUT2D eigenvalue weighted by molar-refractivity contribution is -0.139. The van der Waals surface area contributed by atoms with Gasteiger partial charge in [0.2, 0.25) is 0 Å². The molecule has 1 heterocycles. The number of aliphatic hydroxyl groups is 1. The third-order valence-corrected chi connectivity index (χ3v) is 6.37. The van der Waals surface area contributed by atoms with E-state index in [1.165, 1.54) is 17.7 Å². The summed E-state index contributed by atoms with van der Waals surface area (Å²) in [7, 11) is 0. The molecule has 3 aromatic carbocycles. The summed E-state index contributed by atoms with van der Waals surface area (Å²) in [4.78, 5) is 15.0. The van der Waals surface area contributed by atoms with Gasteiger partial charge in [-0.15, -0.1) is 0 Å². The SMILES string of the molecule is O=C(O)C(CO)N=Cc1ccc2snc(Nc3cccc(-c4ccccc4)c3Br)c2c1. The minimum absolute atomic E-state index is 0.549. The maximum atomic E-state index is 11.0. The predicted molar refractivity (Wildman–Crippen MR) is 129 cm³/mol. The van der Waals surface area contributed by atoms with Crippen LogP contribution in [0.15, 0.2) is 76.2 Å². The molecule has 0 fully saturated rings. The number of carboxylic acids is 1. The average Bonchev–Trinajstić information content (AvgIpc) is 3.18. The van der Waals surface area contributed by atoms with Gasteiger partial charge in [0.05, 0.1) is 17.0 Å². The predicted octanol–water partition coefficient (Wildman–Crippen LogP) is 5.33. The molecule has 156 valence electrons. The van der Waals surface area contributed by atoms with E-state index < -0.39 is 18.6 Å². The van der Waals surface area contributed by atoms with Crippen molar-refractivity contribution in [1.82, 2.24) is 4.37 Å². The molecule has 6 nitrogen and oxygen atoms in total. The quantitative estimate of drug-likeness (QED) is 0.301. The standard InChI is InChI=1S/C23H18BrN3O3S/c24-21-16(15-5-2-1-3-6-15)7-4-8-18(21)26-22-17-11-14(9-10-20(17)31-27-22)12-25-19(13-28)23(29)30/h1-12,19,28H,13H2,(H,26,27)(H,29,30). The smallest absolute Gasteiger partial charge is 0.330 e. The van der Waals surface area contributed by atoms with E-state index in [0.717, 1.165) is 36.9 Å². The Morgan fingerprint density at radius 1 is 1.16 bits per heavy atom. The molecular weight excluding hydrogens is 478 g/mol. The van der Waals surface area contributed by atoms with E-state index in [1.807, 2.05) is 48.5 Å². The van der Waals surface area contributed by atoms with E-state index in [1.54, 1.807) is 0 Å². The van der Waals surface area contributed by atoms with Crippen LogP contribution in [0.5, 0.6) is 0 Å². The van der Waals surface area contributed by atoms with Crippen LogP contribution in [-0.4, -0.2) is 39.4 Å². The number of hydrogen-bond donors (Lipinski definition) is 3. The number of halogens is 1. The molecule has 0 aliphatic carbocycles. The molecular formula is C23H18BrN3O3S. The second-order valence-corrected chi connectivity index (χ2v) is 8.36. The van der Waals surface area contributed by atoms with E-state index in [0.29, 0.717) is 5.82 Å². The van der Waals surface area contributed by atoms with Crippen LogP contribution >= 0.6 is 27.5 Å². The zero-order valence-corrected chi connectivity index (χ0v) is 18.6. The van der Waals surface area contributed by atoms with Crippen LogP contribution in [0.2, 0.25) is 0 Å². The Morgan fingerprint density at radius 2 is 1.97 bits per heavy atom. The second kappa shape index (κ2) is 9.38. The minimum atomic E-state index is -1.18. The number of aliphatic hydroxyl groups excluding tert-OH is 1. The summed E-state index contributed by atoms with van der Waals surface area (Å²) in [6.45, 7) is -0.549. The zero-order chi connectivity index (χ0) is 21.8. The summed E-state index contributed by atoms with van der Waals surface area (Å²) >= 11 is 5.09. The molecule has 1 aromatic heterocycles. The van der Waals surface area contributed by atoms with E-state index in [-0.39, 0.29) is 0 Å². The number of rotatable bonds is 7. The highest BCUT2D eigenvalue weighted by Gasteiger charge is 2.14. The average molecular weight is 496 g/mol. The van der Waals surface area contributed by atoms with Gasteiger partial charge in [-0.2, -0.15) is 4.37 Å². The van der Waals surface area contributed by atoms with E-state index >= 15 is 0 Å². The monoisotopic (exact) mass is 495 g/mol. The number of carbonyl (C=O) groups is 1. The third kappa shape index (κ3) is 4.66. The Bertz CT molecular complexity index is 1260. The highest BCUT2D eigenvalue weighted by atomic mass is 79.9. The number of aliphatic carboxylic acids is 1. The van der Waals surface area contributed by atoms with Gasteiger partial charge in [0, 0.05) is 16.1 Å². The van der Waals surface area contributed by atoms with Crippen LogP contribution in [-0.2, 0) is 4.79 Å². The van der Waals surface area contributed by atoms with Gasteiger partial charge in [0.15, 0.2) is 11.9 Å². The highest BCUT2D eigenvalue weighted by molar-refractivity contribution is 9.10. The van der Waals surface area contributed by atoms with Gasteiger partial charge in [-0.3, -0.25) is 4.99 Å². The van der Waals surface area contributed by atoms with Crippen molar-refractivity contribution >= 4 is 61.2 Å². The molecule has 4 rings (SSSR count). The van der Waals surface area contributed by atoms with Gasteiger partial charge in [-0.05, 0) is 62.4 Å². The Hall–Kier alpha value is -3.07. The van der Waals surface area contributed by atoms with Gasteiger partial charge in [0.1, 0.15) is 0 Å². The molecule has 0 aliphatic heterocycles. The summed E-state index contributed by atoms with van der Waals surface area (Å²) < 4.78 is 6.48. The van der Waals surface area contributed by atoms with Crippen molar-refractivity contribution in [1.29, 1.82) is 0 Å². The highest BCUT2D eigenvalue weighted by Crippen LogP contribution is 2.37. The first kappa shape index (κ1) is 21.2. The van der Waals surface area contributed by atoms with Crippen molar-refractivity contribution in [3.63, 3.8) is 0 Å². The molecule has 1 atom stereocenters. The molecule has 4 aromatic rings. The lowest BCUT2D eigenvalue weighted by Gasteiger charge is -2.11. The molecule has 0 amide bonds. The van der Waals surface area contributed by atoms with Gasteiger partial charge < -0.3 is 15.5 Å². The molecule has 0 saturated carbocycles. The maximum Gasteiger partial charge on any atom is 0.330 e. The minimum Gasteiger partial charge on any atom is -0.480 e. The van der Waals surface area contributed by atoms with Crippen molar-refractivity contribution in [3.8, 4) is 11.1 Å². The summed E-state index contributed by atoms with van der Waals surface area (Å²) in [5, 5.41) is 22.5. The first-order valence-electron chi connectivity index (χ1n) is 9.44. The first-order valence-corrected chi connectivity index (χ1v) is 11.0. The number of aliphatic imine (C=N–C) groups is 1. The largest absolute Gasteiger partial charge is 0.480 e. The van der Waals surface area contributed by atoms with Crippen molar-refractivity contribution in [2.45, 2.75) is 6.04 Å². The number of carboxylic acid groups (broad SMARTS) is 1. The number of benzene rings is 3. The number of anilines is 2. The molecule has 0 radical (unpaired) electrons. The van der Waals surface area contributed by atoms with Gasteiger partial charge in [-0.1, -0.05) is 48.5 Å². The fourth-order valence-corrected chi connectivity index (χ4v) is 4.40. The number of nitrogens with one attached hydrogen (secondary N) is 1. The first-order chi connectivity index (χ1) is 15.1. The summed E-state index contributed by atoms with van der Waals surface area (Å²) in [5.41, 5.74) is 3.80. The van der Waals surface area contributed by atoms with Gasteiger partial charge in [-0.25, -0.2) is 4.79 Å². The van der Waals surface area contributed by atoms with Crippen LogP contribution in [0, 0.1) is 0 Å². The molecule has 1 unspecified atom stereocenters. The summed E-state index contributed by atoms with van der Waals surface area (Å²) in [5.74, 6) is -0.458. The lowest BCUT2D eigenvalue weighted by Crippen LogP contribution is -2.22. The third-order valence-electron chi connectivity index (χ3n) is 4.69. The number of aromatic nitrogens is 1. The fourth-order valence-electron chi connectivity index (χ4n) is 3.09. The number of fused-ring (bicyclic) bond motifs is 1. The van der Waals surface area contributed by atoms with Crippen molar-refractivity contribution in [2.24, 2.45) is 4.99 Å². The molecule has 0 saturated heterocycles. The van der Waals surface area contributed by atoms with Crippen LogP contribution in [0.1, 0.15) is 5.56 Å². The fraction of sp³-hybridized carbons (Fsp3) is 0.0870. The number of hydrogen-bond acceptors (Lipinski definition) is 6. The van der Waals surface area contributed by atoms with E-state index in [2.05, 4.69) is 48.8 Å². The van der Waals surface area contributed by atoms with Gasteiger partial charge >= 0.3 is 5.97 Å². The molecule has 31 heavy (non-hydrogen) atoms. The topological polar surface area (TPSA) is 94.8 Å². The Labute approximate surface area is 191 Å². The van der Waals surface area contributed by atoms with Crippen molar-refractivity contribution in [3.05, 3.63) is 76.8 Å². The van der Waals surface area contributed by atoms with Crippen molar-refractivity contribution < 1.29 is 15.0 Å². The second-order valence-electron chi connectivity index (χ2n) is 6.76. The maximum absolute atomic E-state index is 11.0. The Kier molecular flexibility index (Phi) is 6.41. The molecule has 3 N–H and O–H groups in total. The van der Waals surface area contributed by atoms with E-state index in [9.17, 15) is 4.79 Å². The Morgan fingerprint density at radius 3 is 2.71 bits per heavy atom. The molecule has 0 spiro atoms. The molecule has 0 bridgehead atoms. The van der Waals surface area contributed by atoms with Crippen LogP contribution in [0.4, 0.5) is 11.5 Å². The van der Waals surface area contributed by atoms with Crippen LogP contribution in [0.3, 0.4) is 0 Å². The summed E-state index contributed by atoms with van der Waals surface area (Å²) in [6, 6.07) is 20.6. The van der Waals surface area contributed by atoms with Gasteiger partial charge in [0.25, 0.3) is 0 Å². The normalized spacial score (nSPS) is 12.3. The zero-order valence-electron chi connectivity index (χ0n) is 16.2. The lowest BCUT2D eigenvalue weighted by atomic mass is 10.1. The van der Waals surface area contributed by atoms with E-state index in [4.69, 9.17) is 10.2 Å². The van der Waals surface area contributed by atoms with Crippen molar-refractivity contribution in [2.75, 3.05) is 11.9 Å².